The molecular formula is C12H26N2O2. The summed E-state index contributed by atoms with van der Waals surface area (Å²) in [6.45, 7) is 5.85. The van der Waals surface area contributed by atoms with E-state index in [2.05, 4.69) is 17.6 Å². The minimum atomic E-state index is -0.119. The molecule has 0 fully saturated rings. The molecule has 0 aromatic carbocycles. The standard InChI is InChI=1S/C12H26N2O2/c1-3-4-8-14-12(16)11(2)13-9-6-5-7-10-15/h11,13,15H,3-10H2,1-2H3,(H,14,16). The zero-order valence-electron chi connectivity index (χ0n) is 10.6. The van der Waals surface area contributed by atoms with Crippen molar-refractivity contribution in [3.63, 3.8) is 0 Å². The summed E-state index contributed by atoms with van der Waals surface area (Å²) in [6.07, 6.45) is 5.00. The van der Waals surface area contributed by atoms with E-state index >= 15 is 0 Å². The maximum atomic E-state index is 11.5. The van der Waals surface area contributed by atoms with Crippen LogP contribution in [-0.4, -0.2) is 36.8 Å². The summed E-state index contributed by atoms with van der Waals surface area (Å²) in [6, 6.07) is -0.119. The average molecular weight is 230 g/mol. The lowest BCUT2D eigenvalue weighted by Crippen LogP contribution is -2.42. The molecule has 1 unspecified atom stereocenters. The van der Waals surface area contributed by atoms with Crippen LogP contribution in [0.2, 0.25) is 0 Å². The van der Waals surface area contributed by atoms with Crippen molar-refractivity contribution in [3.8, 4) is 0 Å². The molecule has 0 rings (SSSR count). The first-order valence-electron chi connectivity index (χ1n) is 6.34. The molecule has 4 heteroatoms. The fourth-order valence-corrected chi connectivity index (χ4v) is 1.37. The van der Waals surface area contributed by atoms with Crippen LogP contribution in [0, 0.1) is 0 Å². The third kappa shape index (κ3) is 8.68. The molecule has 0 aromatic rings. The van der Waals surface area contributed by atoms with Crippen molar-refractivity contribution in [2.24, 2.45) is 0 Å². The van der Waals surface area contributed by atoms with Crippen LogP contribution in [0.15, 0.2) is 0 Å². The summed E-state index contributed by atoms with van der Waals surface area (Å²) < 4.78 is 0. The molecule has 4 nitrogen and oxygen atoms in total. The van der Waals surface area contributed by atoms with Crippen molar-refractivity contribution < 1.29 is 9.90 Å². The summed E-state index contributed by atoms with van der Waals surface area (Å²) in [5, 5.41) is 14.7. The highest BCUT2D eigenvalue weighted by atomic mass is 16.2. The zero-order chi connectivity index (χ0) is 12.2. The van der Waals surface area contributed by atoms with Crippen molar-refractivity contribution in [1.29, 1.82) is 0 Å². The molecule has 1 atom stereocenters. The third-order valence-electron chi connectivity index (χ3n) is 2.51. The molecule has 0 saturated carbocycles. The van der Waals surface area contributed by atoms with Gasteiger partial charge in [0.05, 0.1) is 6.04 Å². The topological polar surface area (TPSA) is 61.4 Å². The first kappa shape index (κ1) is 15.4. The number of amides is 1. The van der Waals surface area contributed by atoms with E-state index in [0.717, 1.165) is 45.2 Å². The van der Waals surface area contributed by atoms with Gasteiger partial charge in [0.25, 0.3) is 0 Å². The lowest BCUT2D eigenvalue weighted by atomic mass is 10.2. The van der Waals surface area contributed by atoms with Crippen LogP contribution in [-0.2, 0) is 4.79 Å². The summed E-state index contributed by atoms with van der Waals surface area (Å²) in [5.41, 5.74) is 0. The fourth-order valence-electron chi connectivity index (χ4n) is 1.37. The highest BCUT2D eigenvalue weighted by Gasteiger charge is 2.10. The monoisotopic (exact) mass is 230 g/mol. The molecule has 0 aliphatic heterocycles. The summed E-state index contributed by atoms with van der Waals surface area (Å²) in [7, 11) is 0. The fraction of sp³-hybridized carbons (Fsp3) is 0.917. The van der Waals surface area contributed by atoms with E-state index in [0.29, 0.717) is 0 Å². The Bertz CT molecular complexity index is 174. The molecule has 0 aromatic heterocycles. The predicted molar refractivity (Wildman–Crippen MR) is 66.3 cm³/mol. The van der Waals surface area contributed by atoms with E-state index in [1.807, 2.05) is 6.92 Å². The maximum absolute atomic E-state index is 11.5. The Hall–Kier alpha value is -0.610. The van der Waals surface area contributed by atoms with Crippen molar-refractivity contribution in [3.05, 3.63) is 0 Å². The lowest BCUT2D eigenvalue weighted by molar-refractivity contribution is -0.122. The van der Waals surface area contributed by atoms with E-state index in [1.165, 1.54) is 0 Å². The van der Waals surface area contributed by atoms with Crippen LogP contribution in [0.1, 0.15) is 46.0 Å². The number of aliphatic hydroxyl groups is 1. The molecule has 16 heavy (non-hydrogen) atoms. The Labute approximate surface area is 98.8 Å². The van der Waals surface area contributed by atoms with Gasteiger partial charge in [-0.2, -0.15) is 0 Å². The number of nitrogens with one attached hydrogen (secondary N) is 2. The van der Waals surface area contributed by atoms with Crippen molar-refractivity contribution >= 4 is 5.91 Å². The summed E-state index contributed by atoms with van der Waals surface area (Å²) >= 11 is 0. The van der Waals surface area contributed by atoms with E-state index in [9.17, 15) is 4.79 Å². The van der Waals surface area contributed by atoms with Gasteiger partial charge < -0.3 is 15.7 Å². The molecule has 96 valence electrons. The average Bonchev–Trinajstić information content (AvgIpc) is 2.28. The van der Waals surface area contributed by atoms with Gasteiger partial charge in [-0.3, -0.25) is 4.79 Å². The number of unbranched alkanes of at least 4 members (excludes halogenated alkanes) is 3. The van der Waals surface area contributed by atoms with Gasteiger partial charge in [0, 0.05) is 13.2 Å². The van der Waals surface area contributed by atoms with Crippen molar-refractivity contribution in [1.82, 2.24) is 10.6 Å². The van der Waals surface area contributed by atoms with Crippen LogP contribution < -0.4 is 10.6 Å². The maximum Gasteiger partial charge on any atom is 0.236 e. The van der Waals surface area contributed by atoms with Gasteiger partial charge in [0.2, 0.25) is 5.91 Å². The van der Waals surface area contributed by atoms with Gasteiger partial charge >= 0.3 is 0 Å². The van der Waals surface area contributed by atoms with Crippen molar-refractivity contribution in [2.75, 3.05) is 19.7 Å². The van der Waals surface area contributed by atoms with Crippen LogP contribution in [0.25, 0.3) is 0 Å². The molecule has 0 saturated heterocycles. The molecule has 3 N–H and O–H groups in total. The second-order valence-corrected chi connectivity index (χ2v) is 4.10. The summed E-state index contributed by atoms with van der Waals surface area (Å²) in [5.74, 6) is 0.0793. The Kier molecular flexibility index (Phi) is 10.5. The second kappa shape index (κ2) is 10.9. The SMILES string of the molecule is CCCCNC(=O)C(C)NCCCCCO. The van der Waals surface area contributed by atoms with Crippen LogP contribution in [0.5, 0.6) is 0 Å². The van der Waals surface area contributed by atoms with E-state index < -0.39 is 0 Å². The molecule has 0 heterocycles. The van der Waals surface area contributed by atoms with E-state index in [1.54, 1.807) is 0 Å². The van der Waals surface area contributed by atoms with Gasteiger partial charge in [0.1, 0.15) is 0 Å². The first-order valence-corrected chi connectivity index (χ1v) is 6.34. The van der Waals surface area contributed by atoms with Crippen LogP contribution >= 0.6 is 0 Å². The zero-order valence-corrected chi connectivity index (χ0v) is 10.6. The van der Waals surface area contributed by atoms with E-state index in [-0.39, 0.29) is 18.6 Å². The predicted octanol–water partition coefficient (Wildman–Crippen LogP) is 1.04. The van der Waals surface area contributed by atoms with E-state index in [4.69, 9.17) is 5.11 Å². The molecule has 0 radical (unpaired) electrons. The summed E-state index contributed by atoms with van der Waals surface area (Å²) in [4.78, 5) is 11.5. The van der Waals surface area contributed by atoms with Gasteiger partial charge in [-0.25, -0.2) is 0 Å². The molecule has 0 bridgehead atoms. The number of rotatable bonds is 10. The van der Waals surface area contributed by atoms with Gasteiger partial charge in [-0.1, -0.05) is 13.3 Å². The highest BCUT2D eigenvalue weighted by molar-refractivity contribution is 5.81. The Balaban J connectivity index is 3.40. The quantitative estimate of drug-likeness (QED) is 0.491. The third-order valence-corrected chi connectivity index (χ3v) is 2.51. The minimum absolute atomic E-state index is 0.0793. The number of carbonyl (C=O) groups excluding carboxylic acids is 1. The van der Waals surface area contributed by atoms with Gasteiger partial charge in [-0.05, 0) is 39.2 Å². The molecule has 1 amide bonds. The van der Waals surface area contributed by atoms with Crippen molar-refractivity contribution in [2.45, 2.75) is 52.0 Å². The molecular weight excluding hydrogens is 204 g/mol. The number of hydrogen-bond donors (Lipinski definition) is 3. The van der Waals surface area contributed by atoms with Crippen LogP contribution in [0.4, 0.5) is 0 Å². The number of hydrogen-bond acceptors (Lipinski definition) is 3. The molecule has 0 aliphatic rings. The Morgan fingerprint density at radius 3 is 2.56 bits per heavy atom. The second-order valence-electron chi connectivity index (χ2n) is 4.10. The lowest BCUT2D eigenvalue weighted by Gasteiger charge is -2.13. The number of carbonyl (C=O) groups is 1. The van der Waals surface area contributed by atoms with Gasteiger partial charge in [0.15, 0.2) is 0 Å². The first-order chi connectivity index (χ1) is 7.72. The normalized spacial score (nSPS) is 12.4. The number of aliphatic hydroxyl groups excluding tert-OH is 1. The smallest absolute Gasteiger partial charge is 0.236 e. The Morgan fingerprint density at radius 1 is 1.19 bits per heavy atom. The van der Waals surface area contributed by atoms with Crippen LogP contribution in [0.3, 0.4) is 0 Å². The molecule has 0 spiro atoms. The molecule has 0 aliphatic carbocycles. The van der Waals surface area contributed by atoms with Gasteiger partial charge in [-0.15, -0.1) is 0 Å². The largest absolute Gasteiger partial charge is 0.396 e. The minimum Gasteiger partial charge on any atom is -0.396 e. The Morgan fingerprint density at radius 2 is 1.94 bits per heavy atom. The highest BCUT2D eigenvalue weighted by Crippen LogP contribution is 1.93.